The molecule has 2 fully saturated rings. The SMILES string of the molecule is CC(=O)c1ccc(C(=O)N2CCN(c3nc(C)cc(N4CCCC4)n3)CC2)cc1. The minimum absolute atomic E-state index is 0.00247. The third-order valence-corrected chi connectivity index (χ3v) is 5.65. The molecule has 3 heterocycles. The van der Waals surface area contributed by atoms with Crippen LogP contribution in [0.1, 0.15) is 46.2 Å². The number of amides is 1. The highest BCUT2D eigenvalue weighted by atomic mass is 16.2. The summed E-state index contributed by atoms with van der Waals surface area (Å²) in [5.74, 6) is 1.77. The number of benzene rings is 1. The molecule has 29 heavy (non-hydrogen) atoms. The van der Waals surface area contributed by atoms with Gasteiger partial charge in [-0.05, 0) is 38.8 Å². The first-order valence-corrected chi connectivity index (χ1v) is 10.3. The van der Waals surface area contributed by atoms with Crippen molar-refractivity contribution in [1.82, 2.24) is 14.9 Å². The van der Waals surface area contributed by atoms with Crippen LogP contribution in [0.4, 0.5) is 11.8 Å². The van der Waals surface area contributed by atoms with Gasteiger partial charge in [0.1, 0.15) is 5.82 Å². The van der Waals surface area contributed by atoms with Crippen LogP contribution >= 0.6 is 0 Å². The number of Topliss-reactive ketones (excluding diaryl/α,β-unsaturated/α-hetero) is 1. The number of anilines is 2. The minimum Gasteiger partial charge on any atom is -0.356 e. The molecular weight excluding hydrogens is 366 g/mol. The second-order valence-corrected chi connectivity index (χ2v) is 7.77. The lowest BCUT2D eigenvalue weighted by Gasteiger charge is -2.35. The van der Waals surface area contributed by atoms with E-state index >= 15 is 0 Å². The molecule has 1 aromatic heterocycles. The van der Waals surface area contributed by atoms with Gasteiger partial charge in [-0.2, -0.15) is 4.98 Å². The van der Waals surface area contributed by atoms with Crippen molar-refractivity contribution < 1.29 is 9.59 Å². The Morgan fingerprint density at radius 2 is 1.45 bits per heavy atom. The second-order valence-electron chi connectivity index (χ2n) is 7.77. The van der Waals surface area contributed by atoms with Gasteiger partial charge in [-0.3, -0.25) is 9.59 Å². The average molecular weight is 393 g/mol. The first-order valence-electron chi connectivity index (χ1n) is 10.3. The fourth-order valence-corrected chi connectivity index (χ4v) is 3.93. The molecule has 1 amide bonds. The highest BCUT2D eigenvalue weighted by Gasteiger charge is 2.25. The largest absolute Gasteiger partial charge is 0.356 e. The number of aryl methyl sites for hydroxylation is 1. The van der Waals surface area contributed by atoms with Crippen LogP contribution in [0.15, 0.2) is 30.3 Å². The Hall–Kier alpha value is -2.96. The predicted molar refractivity (Wildman–Crippen MR) is 113 cm³/mol. The van der Waals surface area contributed by atoms with Crippen LogP contribution in [-0.4, -0.2) is 65.8 Å². The summed E-state index contributed by atoms with van der Waals surface area (Å²) < 4.78 is 0. The number of carbonyl (C=O) groups is 2. The summed E-state index contributed by atoms with van der Waals surface area (Å²) in [6.07, 6.45) is 2.43. The molecular formula is C22H27N5O2. The van der Waals surface area contributed by atoms with E-state index in [1.54, 1.807) is 24.3 Å². The molecule has 0 atom stereocenters. The van der Waals surface area contributed by atoms with Crippen LogP contribution < -0.4 is 9.80 Å². The number of hydrogen-bond acceptors (Lipinski definition) is 6. The summed E-state index contributed by atoms with van der Waals surface area (Å²) in [7, 11) is 0. The molecule has 2 aromatic rings. The van der Waals surface area contributed by atoms with Crippen LogP contribution in [0, 0.1) is 6.92 Å². The van der Waals surface area contributed by atoms with E-state index in [2.05, 4.69) is 20.9 Å². The van der Waals surface area contributed by atoms with Crippen molar-refractivity contribution in [3.63, 3.8) is 0 Å². The van der Waals surface area contributed by atoms with E-state index in [0.717, 1.165) is 30.5 Å². The Labute approximate surface area is 171 Å². The summed E-state index contributed by atoms with van der Waals surface area (Å²) in [5, 5.41) is 0. The van der Waals surface area contributed by atoms with Crippen molar-refractivity contribution in [3.05, 3.63) is 47.2 Å². The van der Waals surface area contributed by atoms with Gasteiger partial charge >= 0.3 is 0 Å². The lowest BCUT2D eigenvalue weighted by molar-refractivity contribution is 0.0745. The van der Waals surface area contributed by atoms with Gasteiger partial charge in [0, 0.05) is 62.2 Å². The number of carbonyl (C=O) groups excluding carboxylic acids is 2. The van der Waals surface area contributed by atoms with Gasteiger partial charge in [-0.25, -0.2) is 4.98 Å². The monoisotopic (exact) mass is 393 g/mol. The van der Waals surface area contributed by atoms with E-state index in [-0.39, 0.29) is 11.7 Å². The quantitative estimate of drug-likeness (QED) is 0.744. The Morgan fingerprint density at radius 1 is 0.828 bits per heavy atom. The van der Waals surface area contributed by atoms with Crippen LogP contribution in [0.3, 0.4) is 0 Å². The summed E-state index contributed by atoms with van der Waals surface area (Å²) in [5.41, 5.74) is 2.21. The zero-order valence-electron chi connectivity index (χ0n) is 17.1. The van der Waals surface area contributed by atoms with E-state index in [9.17, 15) is 9.59 Å². The molecule has 1 aromatic carbocycles. The third kappa shape index (κ3) is 4.23. The van der Waals surface area contributed by atoms with Gasteiger partial charge in [0.15, 0.2) is 5.78 Å². The molecule has 0 bridgehead atoms. The number of aromatic nitrogens is 2. The van der Waals surface area contributed by atoms with Crippen LogP contribution in [-0.2, 0) is 0 Å². The highest BCUT2D eigenvalue weighted by molar-refractivity contribution is 5.97. The van der Waals surface area contributed by atoms with Gasteiger partial charge in [0.05, 0.1) is 0 Å². The van der Waals surface area contributed by atoms with Crippen molar-refractivity contribution >= 4 is 23.5 Å². The Balaban J connectivity index is 1.41. The standard InChI is InChI=1S/C22H27N5O2/c1-16-15-20(25-9-3-4-10-25)24-22(23-16)27-13-11-26(12-14-27)21(29)19-7-5-18(6-8-19)17(2)28/h5-8,15H,3-4,9-14H2,1-2H3. The highest BCUT2D eigenvalue weighted by Crippen LogP contribution is 2.22. The molecule has 0 radical (unpaired) electrons. The maximum absolute atomic E-state index is 12.8. The first-order chi connectivity index (χ1) is 14.0. The number of hydrogen-bond donors (Lipinski definition) is 0. The summed E-state index contributed by atoms with van der Waals surface area (Å²) in [6, 6.07) is 8.95. The normalized spacial score (nSPS) is 17.0. The van der Waals surface area contributed by atoms with Crippen molar-refractivity contribution in [2.75, 3.05) is 49.1 Å². The fraction of sp³-hybridized carbons (Fsp3) is 0.455. The molecule has 152 valence electrons. The van der Waals surface area contributed by atoms with E-state index in [1.807, 2.05) is 11.8 Å². The molecule has 0 spiro atoms. The van der Waals surface area contributed by atoms with Crippen molar-refractivity contribution in [1.29, 1.82) is 0 Å². The zero-order valence-corrected chi connectivity index (χ0v) is 17.1. The van der Waals surface area contributed by atoms with Crippen LogP contribution in [0.5, 0.6) is 0 Å². The molecule has 0 unspecified atom stereocenters. The minimum atomic E-state index is 0.00247. The molecule has 2 aliphatic rings. The van der Waals surface area contributed by atoms with E-state index in [4.69, 9.17) is 4.98 Å². The summed E-state index contributed by atoms with van der Waals surface area (Å²) in [4.78, 5) is 40.0. The van der Waals surface area contributed by atoms with Gasteiger partial charge in [-0.15, -0.1) is 0 Å². The van der Waals surface area contributed by atoms with E-state index in [1.165, 1.54) is 19.8 Å². The van der Waals surface area contributed by atoms with E-state index in [0.29, 0.717) is 37.3 Å². The Bertz CT molecular complexity index is 898. The Kier molecular flexibility index (Phi) is 5.47. The second kappa shape index (κ2) is 8.19. The summed E-state index contributed by atoms with van der Waals surface area (Å²) in [6.45, 7) is 8.32. The number of ketones is 1. The molecule has 7 heteroatoms. The maximum Gasteiger partial charge on any atom is 0.253 e. The molecule has 0 N–H and O–H groups in total. The predicted octanol–water partition coefficient (Wildman–Crippen LogP) is 2.55. The maximum atomic E-state index is 12.8. The number of nitrogens with zero attached hydrogens (tertiary/aromatic N) is 5. The number of rotatable bonds is 4. The Morgan fingerprint density at radius 3 is 2.07 bits per heavy atom. The van der Waals surface area contributed by atoms with Gasteiger partial charge in [0.2, 0.25) is 5.95 Å². The zero-order chi connectivity index (χ0) is 20.4. The van der Waals surface area contributed by atoms with Crippen LogP contribution in [0.2, 0.25) is 0 Å². The molecule has 4 rings (SSSR count). The average Bonchev–Trinajstić information content (AvgIpc) is 3.28. The fourth-order valence-electron chi connectivity index (χ4n) is 3.93. The van der Waals surface area contributed by atoms with Gasteiger partial charge in [0.25, 0.3) is 5.91 Å². The van der Waals surface area contributed by atoms with Gasteiger partial charge < -0.3 is 14.7 Å². The molecule has 2 saturated heterocycles. The van der Waals surface area contributed by atoms with E-state index < -0.39 is 0 Å². The first kappa shape index (κ1) is 19.4. The number of piperazine rings is 1. The smallest absolute Gasteiger partial charge is 0.253 e. The third-order valence-electron chi connectivity index (χ3n) is 5.65. The van der Waals surface area contributed by atoms with Crippen LogP contribution in [0.25, 0.3) is 0 Å². The lowest BCUT2D eigenvalue weighted by Crippen LogP contribution is -2.49. The van der Waals surface area contributed by atoms with Crippen molar-refractivity contribution in [3.8, 4) is 0 Å². The topological polar surface area (TPSA) is 69.6 Å². The summed E-state index contributed by atoms with van der Waals surface area (Å²) >= 11 is 0. The van der Waals surface area contributed by atoms with Gasteiger partial charge in [-0.1, -0.05) is 12.1 Å². The molecule has 0 aliphatic carbocycles. The molecule has 2 aliphatic heterocycles. The van der Waals surface area contributed by atoms with Crippen molar-refractivity contribution in [2.45, 2.75) is 26.7 Å². The molecule has 0 saturated carbocycles. The van der Waals surface area contributed by atoms with Crippen molar-refractivity contribution in [2.24, 2.45) is 0 Å². The molecule has 7 nitrogen and oxygen atoms in total. The lowest BCUT2D eigenvalue weighted by atomic mass is 10.1.